The summed E-state index contributed by atoms with van der Waals surface area (Å²) in [6.45, 7) is 3.86. The fraction of sp³-hybridized carbons (Fsp3) is 0.333. The maximum Gasteiger partial charge on any atom is 0.233 e. The molecule has 0 radical (unpaired) electrons. The Labute approximate surface area is 101 Å². The second kappa shape index (κ2) is 4.31. The highest BCUT2D eigenvalue weighted by molar-refractivity contribution is 6.99. The molecule has 0 fully saturated rings. The van der Waals surface area contributed by atoms with E-state index in [4.69, 9.17) is 11.6 Å². The highest BCUT2D eigenvalue weighted by atomic mass is 35.5. The van der Waals surface area contributed by atoms with Crippen LogP contribution in [-0.4, -0.2) is 24.3 Å². The molecule has 0 bridgehead atoms. The molecule has 0 aromatic carbocycles. The van der Waals surface area contributed by atoms with Crippen LogP contribution >= 0.6 is 23.3 Å². The van der Waals surface area contributed by atoms with Gasteiger partial charge in [0.25, 0.3) is 0 Å². The minimum Gasteiger partial charge on any atom is -0.285 e. The first kappa shape index (κ1) is 11.2. The summed E-state index contributed by atoms with van der Waals surface area (Å²) in [6.07, 6.45) is 2.90. The van der Waals surface area contributed by atoms with E-state index in [1.165, 1.54) is 12.4 Å². The summed E-state index contributed by atoms with van der Waals surface area (Å²) in [5, 5.41) is 4.40. The molecule has 7 heteroatoms. The maximum absolute atomic E-state index is 12.1. The van der Waals surface area contributed by atoms with Crippen LogP contribution in [0.4, 0.5) is 0 Å². The van der Waals surface area contributed by atoms with Crippen molar-refractivity contribution >= 4 is 29.1 Å². The van der Waals surface area contributed by atoms with Crippen LogP contribution in [-0.2, 0) is 0 Å². The average Bonchev–Trinajstić information content (AvgIpc) is 2.84. The first-order valence-corrected chi connectivity index (χ1v) is 5.77. The van der Waals surface area contributed by atoms with Crippen LogP contribution in [0.15, 0.2) is 12.4 Å². The second-order valence-corrected chi connectivity index (χ2v) is 4.47. The lowest BCUT2D eigenvalue weighted by Crippen LogP contribution is -2.14. The predicted molar refractivity (Wildman–Crippen MR) is 61.0 cm³/mol. The summed E-state index contributed by atoms with van der Waals surface area (Å²) in [6, 6.07) is 0.0676. The van der Waals surface area contributed by atoms with E-state index in [-0.39, 0.29) is 11.8 Å². The molecule has 2 aromatic heterocycles. The Hall–Kier alpha value is -1.27. The SMILES string of the molecule is CC(C)n1ncc(Cl)c1C(=O)c1cnsn1. The smallest absolute Gasteiger partial charge is 0.233 e. The van der Waals surface area contributed by atoms with Crippen LogP contribution in [0.25, 0.3) is 0 Å². The van der Waals surface area contributed by atoms with Gasteiger partial charge in [0.2, 0.25) is 5.78 Å². The van der Waals surface area contributed by atoms with Crippen molar-refractivity contribution in [2.24, 2.45) is 0 Å². The lowest BCUT2D eigenvalue weighted by molar-refractivity contribution is 0.102. The van der Waals surface area contributed by atoms with Gasteiger partial charge in [-0.3, -0.25) is 9.48 Å². The molecular formula is C9H9ClN4OS. The number of halogens is 1. The first-order chi connectivity index (χ1) is 7.61. The number of aromatic nitrogens is 4. The summed E-state index contributed by atoms with van der Waals surface area (Å²) >= 11 is 6.94. The van der Waals surface area contributed by atoms with Crippen LogP contribution < -0.4 is 0 Å². The van der Waals surface area contributed by atoms with Gasteiger partial charge < -0.3 is 0 Å². The number of nitrogens with zero attached hydrogens (tertiary/aromatic N) is 4. The van der Waals surface area contributed by atoms with E-state index >= 15 is 0 Å². The standard InChI is InChI=1S/C9H9ClN4OS/c1-5(2)14-8(6(10)3-11-14)9(15)7-4-12-16-13-7/h3-5H,1-2H3. The third-order valence-corrected chi connectivity index (χ3v) is 2.80. The van der Waals surface area contributed by atoms with Crippen LogP contribution in [0.3, 0.4) is 0 Å². The summed E-state index contributed by atoms with van der Waals surface area (Å²) in [4.78, 5) is 12.1. The van der Waals surface area contributed by atoms with Gasteiger partial charge in [0.1, 0.15) is 11.4 Å². The largest absolute Gasteiger partial charge is 0.285 e. The Bertz CT molecular complexity index is 506. The summed E-state index contributed by atoms with van der Waals surface area (Å²) < 4.78 is 9.28. The summed E-state index contributed by atoms with van der Waals surface area (Å²) in [5.41, 5.74) is 0.665. The van der Waals surface area contributed by atoms with Gasteiger partial charge in [0.05, 0.1) is 29.1 Å². The number of hydrogen-bond donors (Lipinski definition) is 0. The van der Waals surface area contributed by atoms with Crippen LogP contribution in [0, 0.1) is 0 Å². The van der Waals surface area contributed by atoms with Crippen molar-refractivity contribution in [2.45, 2.75) is 19.9 Å². The summed E-state index contributed by atoms with van der Waals surface area (Å²) in [5.74, 6) is -0.245. The molecule has 2 rings (SSSR count). The quantitative estimate of drug-likeness (QED) is 0.790. The zero-order valence-corrected chi connectivity index (χ0v) is 10.3. The molecule has 16 heavy (non-hydrogen) atoms. The van der Waals surface area contributed by atoms with Crippen molar-refractivity contribution in [3.05, 3.63) is 28.8 Å². The molecule has 5 nitrogen and oxygen atoms in total. The van der Waals surface area contributed by atoms with Gasteiger partial charge in [-0.25, -0.2) is 0 Å². The van der Waals surface area contributed by atoms with Gasteiger partial charge in [0.15, 0.2) is 0 Å². The van der Waals surface area contributed by atoms with Gasteiger partial charge in [-0.2, -0.15) is 13.8 Å². The first-order valence-electron chi connectivity index (χ1n) is 4.66. The molecule has 0 aliphatic heterocycles. The number of ketones is 1. The normalized spacial score (nSPS) is 11.0. The Balaban J connectivity index is 2.48. The summed E-state index contributed by atoms with van der Waals surface area (Å²) in [7, 11) is 0. The Morgan fingerprint density at radius 2 is 2.25 bits per heavy atom. The van der Waals surface area contributed by atoms with E-state index < -0.39 is 0 Å². The van der Waals surface area contributed by atoms with Crippen molar-refractivity contribution < 1.29 is 4.79 Å². The van der Waals surface area contributed by atoms with Crippen molar-refractivity contribution in [1.82, 2.24) is 18.5 Å². The van der Waals surface area contributed by atoms with Gasteiger partial charge in [0, 0.05) is 6.04 Å². The average molecular weight is 257 g/mol. The Morgan fingerprint density at radius 1 is 1.50 bits per heavy atom. The molecule has 0 N–H and O–H groups in total. The Kier molecular flexibility index (Phi) is 3.02. The van der Waals surface area contributed by atoms with Crippen molar-refractivity contribution in [2.75, 3.05) is 0 Å². The van der Waals surface area contributed by atoms with Gasteiger partial charge >= 0.3 is 0 Å². The lowest BCUT2D eigenvalue weighted by atomic mass is 10.2. The number of carbonyl (C=O) groups is 1. The van der Waals surface area contributed by atoms with E-state index in [1.807, 2.05) is 13.8 Å². The van der Waals surface area contributed by atoms with Gasteiger partial charge in [-0.1, -0.05) is 11.6 Å². The number of carbonyl (C=O) groups excluding carboxylic acids is 1. The zero-order chi connectivity index (χ0) is 11.7. The molecule has 0 aliphatic rings. The molecule has 0 saturated heterocycles. The molecule has 2 heterocycles. The fourth-order valence-electron chi connectivity index (χ4n) is 1.33. The highest BCUT2D eigenvalue weighted by Gasteiger charge is 2.22. The predicted octanol–water partition coefficient (Wildman–Crippen LogP) is 2.20. The molecule has 0 aliphatic carbocycles. The number of hydrogen-bond acceptors (Lipinski definition) is 5. The minimum absolute atomic E-state index is 0.0676. The Morgan fingerprint density at radius 3 is 2.81 bits per heavy atom. The van der Waals surface area contributed by atoms with Crippen LogP contribution in [0.5, 0.6) is 0 Å². The molecule has 0 atom stereocenters. The third kappa shape index (κ3) is 1.85. The van der Waals surface area contributed by atoms with E-state index in [0.717, 1.165) is 11.7 Å². The molecule has 2 aromatic rings. The van der Waals surface area contributed by atoms with Crippen LogP contribution in [0.2, 0.25) is 5.02 Å². The molecular weight excluding hydrogens is 248 g/mol. The topological polar surface area (TPSA) is 60.7 Å². The van der Waals surface area contributed by atoms with Crippen molar-refractivity contribution in [3.63, 3.8) is 0 Å². The van der Waals surface area contributed by atoms with Crippen molar-refractivity contribution in [1.29, 1.82) is 0 Å². The van der Waals surface area contributed by atoms with E-state index in [1.54, 1.807) is 4.68 Å². The monoisotopic (exact) mass is 256 g/mol. The third-order valence-electron chi connectivity index (χ3n) is 2.05. The van der Waals surface area contributed by atoms with E-state index in [2.05, 4.69) is 13.8 Å². The number of rotatable bonds is 3. The molecule has 0 unspecified atom stereocenters. The van der Waals surface area contributed by atoms with Gasteiger partial charge in [-0.15, -0.1) is 0 Å². The van der Waals surface area contributed by atoms with Crippen molar-refractivity contribution in [3.8, 4) is 0 Å². The maximum atomic E-state index is 12.1. The molecule has 84 valence electrons. The highest BCUT2D eigenvalue weighted by Crippen LogP contribution is 2.21. The zero-order valence-electron chi connectivity index (χ0n) is 8.72. The fourth-order valence-corrected chi connectivity index (χ4v) is 1.96. The second-order valence-electron chi connectivity index (χ2n) is 3.50. The van der Waals surface area contributed by atoms with E-state index in [0.29, 0.717) is 16.4 Å². The molecule has 0 saturated carbocycles. The minimum atomic E-state index is -0.245. The van der Waals surface area contributed by atoms with Gasteiger partial charge in [-0.05, 0) is 13.8 Å². The molecule has 0 spiro atoms. The molecule has 0 amide bonds. The van der Waals surface area contributed by atoms with Crippen LogP contribution in [0.1, 0.15) is 36.1 Å². The lowest BCUT2D eigenvalue weighted by Gasteiger charge is -2.09. The van der Waals surface area contributed by atoms with E-state index in [9.17, 15) is 4.79 Å².